The van der Waals surface area contributed by atoms with Gasteiger partial charge >= 0.3 is 0 Å². The Balaban J connectivity index is 1.85. The summed E-state index contributed by atoms with van der Waals surface area (Å²) in [5.41, 5.74) is 1.30. The second kappa shape index (κ2) is 8.62. The zero-order valence-electron chi connectivity index (χ0n) is 15.8. The number of nitrogens with zero attached hydrogens (tertiary/aromatic N) is 3. The molecule has 0 fully saturated rings. The van der Waals surface area contributed by atoms with Crippen LogP contribution in [0.25, 0.3) is 10.3 Å². The molecule has 0 aliphatic heterocycles. The number of thiazole rings is 1. The number of allylic oxidation sites excluding steroid dienone is 1. The Hall–Kier alpha value is -2.58. The average molecular weight is 415 g/mol. The van der Waals surface area contributed by atoms with Crippen LogP contribution in [0.1, 0.15) is 25.5 Å². The number of benzene rings is 1. The molecule has 146 valence electrons. The number of amides is 1. The van der Waals surface area contributed by atoms with Crippen LogP contribution < -0.4 is 10.9 Å². The van der Waals surface area contributed by atoms with Crippen molar-refractivity contribution in [2.75, 3.05) is 0 Å². The lowest BCUT2D eigenvalue weighted by Crippen LogP contribution is -2.36. The second-order valence-corrected chi connectivity index (χ2v) is 8.44. The summed E-state index contributed by atoms with van der Waals surface area (Å²) in [5.74, 6) is -0.0264. The Morgan fingerprint density at radius 3 is 2.71 bits per heavy atom. The molecule has 1 aromatic carbocycles. The molecule has 1 amide bonds. The summed E-state index contributed by atoms with van der Waals surface area (Å²) in [6.45, 7) is 8.20. The summed E-state index contributed by atoms with van der Waals surface area (Å²) in [5, 5.41) is 3.03. The van der Waals surface area contributed by atoms with E-state index in [1.807, 2.05) is 44.2 Å². The third-order valence-corrected chi connectivity index (χ3v) is 5.84. The summed E-state index contributed by atoms with van der Waals surface area (Å²) in [7, 11) is 0. The summed E-state index contributed by atoms with van der Waals surface area (Å²) in [6.07, 6.45) is 3.11. The second-order valence-electron chi connectivity index (χ2n) is 6.80. The molecule has 2 heterocycles. The van der Waals surface area contributed by atoms with Crippen LogP contribution in [0.3, 0.4) is 0 Å². The van der Waals surface area contributed by atoms with Crippen molar-refractivity contribution in [3.8, 4) is 0 Å². The molecule has 28 heavy (non-hydrogen) atoms. The van der Waals surface area contributed by atoms with Crippen molar-refractivity contribution >= 4 is 39.8 Å². The van der Waals surface area contributed by atoms with Gasteiger partial charge in [0.15, 0.2) is 9.60 Å². The molecule has 1 N–H and O–H groups in total. The molecule has 0 radical (unpaired) electrons. The maximum atomic E-state index is 12.8. The fraction of sp³-hybridized carbons (Fsp3) is 0.300. The van der Waals surface area contributed by atoms with E-state index in [4.69, 9.17) is 12.2 Å². The van der Waals surface area contributed by atoms with Gasteiger partial charge in [0.25, 0.3) is 5.56 Å². The molecular formula is C20H22N4O2S2. The predicted molar refractivity (Wildman–Crippen MR) is 115 cm³/mol. The Morgan fingerprint density at radius 2 is 2.07 bits per heavy atom. The van der Waals surface area contributed by atoms with Gasteiger partial charge in [-0.25, -0.2) is 4.98 Å². The normalized spacial score (nSPS) is 12.2. The highest BCUT2D eigenvalue weighted by Gasteiger charge is 2.19. The first-order valence-electron chi connectivity index (χ1n) is 8.96. The fourth-order valence-electron chi connectivity index (χ4n) is 3.04. The molecule has 6 nitrogen and oxygen atoms in total. The highest BCUT2D eigenvalue weighted by molar-refractivity contribution is 7.73. The van der Waals surface area contributed by atoms with Gasteiger partial charge in [0, 0.05) is 6.54 Å². The Morgan fingerprint density at radius 1 is 1.36 bits per heavy atom. The van der Waals surface area contributed by atoms with Gasteiger partial charge in [-0.2, -0.15) is 0 Å². The Kier molecular flexibility index (Phi) is 6.21. The molecule has 3 aromatic rings. The quantitative estimate of drug-likeness (QED) is 0.473. The van der Waals surface area contributed by atoms with E-state index in [1.54, 1.807) is 10.6 Å². The number of hydrogen-bond donors (Lipinski definition) is 1. The van der Waals surface area contributed by atoms with Crippen LogP contribution in [0.4, 0.5) is 0 Å². The van der Waals surface area contributed by atoms with Gasteiger partial charge in [-0.05, 0) is 23.7 Å². The maximum Gasteiger partial charge on any atom is 0.273 e. The van der Waals surface area contributed by atoms with Gasteiger partial charge in [-0.1, -0.05) is 61.6 Å². The van der Waals surface area contributed by atoms with Crippen molar-refractivity contribution in [1.82, 2.24) is 19.4 Å². The zero-order chi connectivity index (χ0) is 20.3. The van der Waals surface area contributed by atoms with Gasteiger partial charge in [-0.15, -0.1) is 6.58 Å². The highest BCUT2D eigenvalue weighted by atomic mass is 32.1. The van der Waals surface area contributed by atoms with E-state index in [-0.39, 0.29) is 30.0 Å². The lowest BCUT2D eigenvalue weighted by Gasteiger charge is -2.23. The molecule has 8 heteroatoms. The van der Waals surface area contributed by atoms with E-state index in [0.29, 0.717) is 20.8 Å². The number of carbonyl (C=O) groups is 1. The molecule has 0 saturated carbocycles. The molecular weight excluding hydrogens is 392 g/mol. The highest BCUT2D eigenvalue weighted by Crippen LogP contribution is 2.21. The minimum Gasteiger partial charge on any atom is -0.347 e. The number of carbonyl (C=O) groups excluding carboxylic acids is 1. The number of aromatic nitrogens is 3. The minimum atomic E-state index is -0.264. The van der Waals surface area contributed by atoms with Crippen LogP contribution in [0, 0.1) is 9.87 Å². The molecule has 0 saturated heterocycles. The molecule has 0 aliphatic rings. The van der Waals surface area contributed by atoms with Crippen LogP contribution >= 0.6 is 23.6 Å². The first kappa shape index (κ1) is 20.2. The van der Waals surface area contributed by atoms with Crippen molar-refractivity contribution in [1.29, 1.82) is 0 Å². The van der Waals surface area contributed by atoms with Gasteiger partial charge in [0.1, 0.15) is 17.6 Å². The monoisotopic (exact) mass is 414 g/mol. The zero-order valence-corrected chi connectivity index (χ0v) is 17.4. The number of rotatable bonds is 7. The lowest BCUT2D eigenvalue weighted by molar-refractivity contribution is -0.122. The largest absolute Gasteiger partial charge is 0.347 e. The summed E-state index contributed by atoms with van der Waals surface area (Å²) >= 11 is 6.52. The van der Waals surface area contributed by atoms with Gasteiger partial charge in [-0.3, -0.25) is 14.2 Å². The predicted octanol–water partition coefficient (Wildman–Crippen LogP) is 3.69. The third kappa shape index (κ3) is 4.13. The lowest BCUT2D eigenvalue weighted by atomic mass is 9.96. The van der Waals surface area contributed by atoms with Crippen LogP contribution in [0.2, 0.25) is 0 Å². The molecule has 2 aromatic heterocycles. The standard InChI is InChI=1S/C20H22N4O2S2/c1-4-10-24-18-17(28-20(24)27)19(26)23(12-21-18)11-15(25)22-16(13(2)3)14-8-6-5-7-9-14/h4-9,12-13,16H,1,10-11H2,2-3H3,(H,22,25). The topological polar surface area (TPSA) is 68.9 Å². The maximum absolute atomic E-state index is 12.8. The molecule has 1 unspecified atom stereocenters. The van der Waals surface area contributed by atoms with Crippen LogP contribution in [-0.2, 0) is 17.9 Å². The Bertz CT molecular complexity index is 1110. The first-order chi connectivity index (χ1) is 13.4. The number of fused-ring (bicyclic) bond motifs is 1. The summed E-state index contributed by atoms with van der Waals surface area (Å²) in [4.78, 5) is 29.8. The minimum absolute atomic E-state index is 0.0933. The molecule has 0 aliphatic carbocycles. The fourth-order valence-corrected chi connectivity index (χ4v) is 4.36. The van der Waals surface area contributed by atoms with Crippen molar-refractivity contribution in [2.45, 2.75) is 33.0 Å². The molecule has 0 spiro atoms. The van der Waals surface area contributed by atoms with E-state index in [2.05, 4.69) is 16.9 Å². The number of nitrogens with one attached hydrogen (secondary N) is 1. The van der Waals surface area contributed by atoms with Gasteiger partial charge < -0.3 is 9.88 Å². The van der Waals surface area contributed by atoms with Gasteiger partial charge in [0.2, 0.25) is 5.91 Å². The van der Waals surface area contributed by atoms with Crippen molar-refractivity contribution in [3.05, 3.63) is 69.2 Å². The smallest absolute Gasteiger partial charge is 0.273 e. The van der Waals surface area contributed by atoms with Gasteiger partial charge in [0.05, 0.1) is 6.04 Å². The molecule has 0 bridgehead atoms. The average Bonchev–Trinajstić information content (AvgIpc) is 2.99. The summed E-state index contributed by atoms with van der Waals surface area (Å²) in [6, 6.07) is 9.68. The van der Waals surface area contributed by atoms with Crippen molar-refractivity contribution in [3.63, 3.8) is 0 Å². The van der Waals surface area contributed by atoms with Crippen molar-refractivity contribution < 1.29 is 4.79 Å². The summed E-state index contributed by atoms with van der Waals surface area (Å²) < 4.78 is 4.10. The molecule has 3 rings (SSSR count). The van der Waals surface area contributed by atoms with E-state index >= 15 is 0 Å². The van der Waals surface area contributed by atoms with Crippen LogP contribution in [0.5, 0.6) is 0 Å². The SMILES string of the molecule is C=CCn1c(=S)sc2c(=O)n(CC(=O)NC(c3ccccc3)C(C)C)cnc21. The van der Waals surface area contributed by atoms with Crippen LogP contribution in [0.15, 0.2) is 54.1 Å². The van der Waals surface area contributed by atoms with Crippen molar-refractivity contribution in [2.24, 2.45) is 5.92 Å². The van der Waals surface area contributed by atoms with E-state index in [0.717, 1.165) is 5.56 Å². The van der Waals surface area contributed by atoms with Crippen LogP contribution in [-0.4, -0.2) is 20.0 Å². The van der Waals surface area contributed by atoms with E-state index in [9.17, 15) is 9.59 Å². The first-order valence-corrected chi connectivity index (χ1v) is 10.2. The number of hydrogen-bond acceptors (Lipinski definition) is 5. The Labute approximate surface area is 172 Å². The van der Waals surface area contributed by atoms with E-state index in [1.165, 1.54) is 22.2 Å². The molecule has 1 atom stereocenters. The van der Waals surface area contributed by atoms with E-state index < -0.39 is 0 Å². The third-order valence-electron chi connectivity index (χ3n) is 4.41.